The number of aliphatic hydroxyl groups excluding tert-OH is 1. The largest absolute Gasteiger partial charge is 0.501 e. The van der Waals surface area contributed by atoms with Gasteiger partial charge in [0, 0.05) is 10.6 Å². The molecule has 0 unspecified atom stereocenters. The number of ketones is 1. The van der Waals surface area contributed by atoms with Crippen LogP contribution in [0.2, 0.25) is 5.02 Å². The molecule has 0 aromatic heterocycles. The van der Waals surface area contributed by atoms with Crippen molar-refractivity contribution in [2.24, 2.45) is 5.73 Å². The molecule has 4 nitrogen and oxygen atoms in total. The summed E-state index contributed by atoms with van der Waals surface area (Å²) < 4.78 is 5.03. The fraction of sp³-hybridized carbons (Fsp3) is 0.100. The normalized spacial score (nSPS) is 20.6. The van der Waals surface area contributed by atoms with Crippen LogP contribution in [0.4, 0.5) is 0 Å². The highest BCUT2D eigenvalue weighted by Gasteiger charge is 2.35. The molecule has 1 heterocycles. The first-order chi connectivity index (χ1) is 7.09. The monoisotopic (exact) mass is 225 g/mol. The molecule has 0 bridgehead atoms. The van der Waals surface area contributed by atoms with Gasteiger partial charge in [0.05, 0.1) is 0 Å². The molecule has 0 aliphatic carbocycles. The Labute approximate surface area is 90.9 Å². The van der Waals surface area contributed by atoms with E-state index in [0.29, 0.717) is 10.6 Å². The first-order valence-corrected chi connectivity index (χ1v) is 4.62. The molecule has 1 aromatic rings. The average molecular weight is 226 g/mol. The zero-order chi connectivity index (χ0) is 11.0. The van der Waals surface area contributed by atoms with E-state index in [4.69, 9.17) is 22.1 Å². The predicted molar refractivity (Wildman–Crippen MR) is 54.1 cm³/mol. The molecule has 0 saturated carbocycles. The number of rotatable bonds is 1. The quantitative estimate of drug-likeness (QED) is 0.763. The van der Waals surface area contributed by atoms with Crippen molar-refractivity contribution in [3.05, 3.63) is 46.5 Å². The summed E-state index contributed by atoms with van der Waals surface area (Å²) in [6.07, 6.45) is -0.885. The van der Waals surface area contributed by atoms with Crippen molar-refractivity contribution >= 4 is 17.4 Å². The van der Waals surface area contributed by atoms with Gasteiger partial charge in [-0.1, -0.05) is 23.7 Å². The number of benzene rings is 1. The zero-order valence-corrected chi connectivity index (χ0v) is 8.36. The van der Waals surface area contributed by atoms with Gasteiger partial charge in [-0.25, -0.2) is 0 Å². The Hall–Kier alpha value is -1.68. The molecule has 0 amide bonds. The van der Waals surface area contributed by atoms with Crippen molar-refractivity contribution in [3.8, 4) is 0 Å². The summed E-state index contributed by atoms with van der Waals surface area (Å²) in [5, 5.41) is 9.71. The van der Waals surface area contributed by atoms with Crippen LogP contribution >= 0.6 is 11.6 Å². The van der Waals surface area contributed by atoms with E-state index >= 15 is 0 Å². The van der Waals surface area contributed by atoms with Crippen LogP contribution in [-0.2, 0) is 9.53 Å². The molecule has 1 atom stereocenters. The van der Waals surface area contributed by atoms with Crippen LogP contribution in [-0.4, -0.2) is 10.9 Å². The molecule has 15 heavy (non-hydrogen) atoms. The fourth-order valence-electron chi connectivity index (χ4n) is 1.37. The average Bonchev–Trinajstić information content (AvgIpc) is 2.46. The van der Waals surface area contributed by atoms with Crippen molar-refractivity contribution in [1.29, 1.82) is 0 Å². The first-order valence-electron chi connectivity index (χ1n) is 4.24. The van der Waals surface area contributed by atoms with Gasteiger partial charge in [-0.05, 0) is 12.1 Å². The van der Waals surface area contributed by atoms with E-state index in [9.17, 15) is 9.90 Å². The van der Waals surface area contributed by atoms with Crippen molar-refractivity contribution in [2.75, 3.05) is 0 Å². The predicted octanol–water partition coefficient (Wildman–Crippen LogP) is 1.67. The smallest absolute Gasteiger partial charge is 0.247 e. The van der Waals surface area contributed by atoms with Crippen LogP contribution in [0.25, 0.3) is 0 Å². The number of ether oxygens (including phenoxy) is 1. The fourth-order valence-corrected chi connectivity index (χ4v) is 1.57. The highest BCUT2D eigenvalue weighted by molar-refractivity contribution is 6.30. The summed E-state index contributed by atoms with van der Waals surface area (Å²) in [5.74, 6) is -1.32. The van der Waals surface area contributed by atoms with Crippen LogP contribution in [0.5, 0.6) is 0 Å². The molecule has 1 aliphatic rings. The summed E-state index contributed by atoms with van der Waals surface area (Å²) in [6.45, 7) is 0. The third-order valence-electron chi connectivity index (χ3n) is 2.10. The van der Waals surface area contributed by atoms with Gasteiger partial charge >= 0.3 is 0 Å². The van der Waals surface area contributed by atoms with E-state index in [-0.39, 0.29) is 5.88 Å². The number of hydrogen-bond donors (Lipinski definition) is 2. The van der Waals surface area contributed by atoms with Gasteiger partial charge in [0.15, 0.2) is 6.10 Å². The van der Waals surface area contributed by atoms with Gasteiger partial charge in [-0.3, -0.25) is 4.79 Å². The van der Waals surface area contributed by atoms with E-state index in [1.807, 2.05) is 0 Å². The van der Waals surface area contributed by atoms with E-state index in [0.717, 1.165) is 0 Å². The second-order valence-corrected chi connectivity index (χ2v) is 3.57. The second kappa shape index (κ2) is 3.47. The number of Topliss-reactive ketones (excluding diaryl/α,β-unsaturated/α-hetero) is 1. The zero-order valence-electron chi connectivity index (χ0n) is 7.61. The molecular formula is C10H8ClNO3. The lowest BCUT2D eigenvalue weighted by atomic mass is 10.1. The Kier molecular flexibility index (Phi) is 2.28. The summed E-state index contributed by atoms with van der Waals surface area (Å²) in [7, 11) is 0. The van der Waals surface area contributed by atoms with Crippen LogP contribution in [0.3, 0.4) is 0 Å². The maximum Gasteiger partial charge on any atom is 0.247 e. The number of nitrogens with two attached hydrogens (primary N) is 1. The van der Waals surface area contributed by atoms with E-state index in [1.165, 1.54) is 0 Å². The molecule has 1 aliphatic heterocycles. The Morgan fingerprint density at radius 3 is 2.73 bits per heavy atom. The third-order valence-corrected chi connectivity index (χ3v) is 2.34. The molecule has 78 valence electrons. The summed E-state index contributed by atoms with van der Waals surface area (Å²) in [6, 6.07) is 6.65. The minimum absolute atomic E-state index is 0.245. The van der Waals surface area contributed by atoms with Crippen LogP contribution in [0.1, 0.15) is 11.7 Å². The minimum atomic E-state index is -0.885. The first kappa shape index (κ1) is 9.86. The van der Waals surface area contributed by atoms with Gasteiger partial charge < -0.3 is 15.6 Å². The highest BCUT2D eigenvalue weighted by atomic mass is 35.5. The Bertz CT molecular complexity index is 456. The van der Waals surface area contributed by atoms with E-state index in [1.54, 1.807) is 24.3 Å². The van der Waals surface area contributed by atoms with Gasteiger partial charge in [-0.2, -0.15) is 0 Å². The lowest BCUT2D eigenvalue weighted by Crippen LogP contribution is -2.09. The van der Waals surface area contributed by atoms with E-state index < -0.39 is 17.6 Å². The highest BCUT2D eigenvalue weighted by Crippen LogP contribution is 2.30. The molecular weight excluding hydrogens is 218 g/mol. The molecule has 5 heteroatoms. The SMILES string of the molecule is NC1=C(O)C(=O)[C@H](c2cccc(Cl)c2)O1. The molecule has 0 radical (unpaired) electrons. The third kappa shape index (κ3) is 1.64. The number of hydrogen-bond acceptors (Lipinski definition) is 4. The molecule has 0 saturated heterocycles. The van der Waals surface area contributed by atoms with Crippen molar-refractivity contribution < 1.29 is 14.6 Å². The number of halogens is 1. The number of carbonyl (C=O) groups excluding carboxylic acids is 1. The van der Waals surface area contributed by atoms with Crippen molar-refractivity contribution in [2.45, 2.75) is 6.10 Å². The minimum Gasteiger partial charge on any atom is -0.501 e. The lowest BCUT2D eigenvalue weighted by molar-refractivity contribution is -0.123. The standard InChI is InChI=1S/C10H8ClNO3/c11-6-3-1-2-5(4-6)9-7(13)8(14)10(12)15-9/h1-4,9,14H,12H2/t9-/m0/s1. The maximum atomic E-state index is 11.5. The van der Waals surface area contributed by atoms with Gasteiger partial charge in [0.25, 0.3) is 0 Å². The maximum absolute atomic E-state index is 11.5. The topological polar surface area (TPSA) is 72.5 Å². The number of aliphatic hydroxyl groups is 1. The van der Waals surface area contributed by atoms with Crippen LogP contribution in [0.15, 0.2) is 35.9 Å². The summed E-state index contributed by atoms with van der Waals surface area (Å²) >= 11 is 5.77. The molecule has 0 fully saturated rings. The Morgan fingerprint density at radius 2 is 2.20 bits per heavy atom. The van der Waals surface area contributed by atoms with Gasteiger partial charge in [0.1, 0.15) is 0 Å². The molecule has 3 N–H and O–H groups in total. The Morgan fingerprint density at radius 1 is 1.47 bits per heavy atom. The van der Waals surface area contributed by atoms with Gasteiger partial charge in [-0.15, -0.1) is 0 Å². The number of carbonyl (C=O) groups is 1. The second-order valence-electron chi connectivity index (χ2n) is 3.13. The van der Waals surface area contributed by atoms with Crippen molar-refractivity contribution in [3.63, 3.8) is 0 Å². The van der Waals surface area contributed by atoms with Crippen molar-refractivity contribution in [1.82, 2.24) is 0 Å². The summed E-state index contributed by atoms with van der Waals surface area (Å²) in [4.78, 5) is 11.5. The van der Waals surface area contributed by atoms with Crippen LogP contribution < -0.4 is 5.73 Å². The molecule has 0 spiro atoms. The summed E-state index contributed by atoms with van der Waals surface area (Å²) in [5.41, 5.74) is 5.86. The Balaban J connectivity index is 2.33. The van der Waals surface area contributed by atoms with Gasteiger partial charge in [0.2, 0.25) is 17.4 Å². The molecule has 2 rings (SSSR count). The van der Waals surface area contributed by atoms with E-state index in [2.05, 4.69) is 0 Å². The van der Waals surface area contributed by atoms with Crippen LogP contribution in [0, 0.1) is 0 Å². The molecule has 1 aromatic carbocycles. The lowest BCUT2D eigenvalue weighted by Gasteiger charge is -2.09.